The van der Waals surface area contributed by atoms with Crippen molar-refractivity contribution in [1.82, 2.24) is 10.2 Å². The molecule has 0 radical (unpaired) electrons. The van der Waals surface area contributed by atoms with E-state index < -0.39 is 0 Å². The maximum Gasteiger partial charge on any atom is 0.234 e. The Morgan fingerprint density at radius 3 is 2.33 bits per heavy atom. The van der Waals surface area contributed by atoms with Crippen molar-refractivity contribution in [1.29, 1.82) is 0 Å². The normalized spacial score (nSPS) is 11.6. The van der Waals surface area contributed by atoms with Gasteiger partial charge in [-0.2, -0.15) is 0 Å². The molecular formula is C14H23N3O. The van der Waals surface area contributed by atoms with E-state index in [2.05, 4.69) is 5.32 Å². The second kappa shape index (κ2) is 5.87. The molecule has 0 aliphatic rings. The van der Waals surface area contributed by atoms with Crippen LogP contribution in [0.25, 0.3) is 0 Å². The number of nitrogens with two attached hydrogens (primary N) is 1. The zero-order valence-electron chi connectivity index (χ0n) is 11.7. The topological polar surface area (TPSA) is 58.4 Å². The number of benzene rings is 1. The fourth-order valence-electron chi connectivity index (χ4n) is 1.69. The van der Waals surface area contributed by atoms with E-state index in [4.69, 9.17) is 5.73 Å². The fraction of sp³-hybridized carbons (Fsp3) is 0.500. The lowest BCUT2D eigenvalue weighted by Crippen LogP contribution is -2.45. The molecule has 1 amide bonds. The highest BCUT2D eigenvalue weighted by molar-refractivity contribution is 5.78. The number of nitrogens with zero attached hydrogens (tertiary/aromatic N) is 1. The molecule has 3 N–H and O–H groups in total. The minimum Gasteiger partial charge on any atom is -0.399 e. The SMILES string of the molecule is CN(CC(=O)NC(C)(C)C)Cc1ccc(N)cc1. The van der Waals surface area contributed by atoms with E-state index >= 15 is 0 Å². The molecule has 4 nitrogen and oxygen atoms in total. The van der Waals surface area contributed by atoms with Gasteiger partial charge in [0.15, 0.2) is 0 Å². The zero-order valence-corrected chi connectivity index (χ0v) is 11.7. The van der Waals surface area contributed by atoms with Crippen molar-refractivity contribution in [3.05, 3.63) is 29.8 Å². The number of hydrogen-bond donors (Lipinski definition) is 2. The molecule has 0 saturated carbocycles. The number of carbonyl (C=O) groups excluding carboxylic acids is 1. The summed E-state index contributed by atoms with van der Waals surface area (Å²) in [6, 6.07) is 7.71. The number of likely N-dealkylation sites (N-methyl/N-ethyl adjacent to an activating group) is 1. The van der Waals surface area contributed by atoms with Crippen LogP contribution in [0.3, 0.4) is 0 Å². The Hall–Kier alpha value is -1.55. The van der Waals surface area contributed by atoms with Crippen LogP contribution >= 0.6 is 0 Å². The van der Waals surface area contributed by atoms with Gasteiger partial charge >= 0.3 is 0 Å². The molecule has 0 atom stereocenters. The van der Waals surface area contributed by atoms with E-state index in [0.29, 0.717) is 6.54 Å². The number of nitrogen functional groups attached to an aromatic ring is 1. The number of anilines is 1. The van der Waals surface area contributed by atoms with Crippen molar-refractivity contribution < 1.29 is 4.79 Å². The Bertz CT molecular complexity index is 392. The minimum absolute atomic E-state index is 0.0421. The third-order valence-corrected chi connectivity index (χ3v) is 2.36. The maximum atomic E-state index is 11.7. The van der Waals surface area contributed by atoms with Crippen molar-refractivity contribution in [2.75, 3.05) is 19.3 Å². The third kappa shape index (κ3) is 5.68. The average molecular weight is 249 g/mol. The Morgan fingerprint density at radius 1 is 1.28 bits per heavy atom. The summed E-state index contributed by atoms with van der Waals surface area (Å²) < 4.78 is 0. The zero-order chi connectivity index (χ0) is 13.8. The summed E-state index contributed by atoms with van der Waals surface area (Å²) in [4.78, 5) is 13.7. The first-order chi connectivity index (χ1) is 8.26. The molecule has 0 saturated heterocycles. The molecule has 0 spiro atoms. The lowest BCUT2D eigenvalue weighted by molar-refractivity contribution is -0.123. The largest absolute Gasteiger partial charge is 0.399 e. The number of hydrogen-bond acceptors (Lipinski definition) is 3. The van der Waals surface area contributed by atoms with Gasteiger partial charge < -0.3 is 11.1 Å². The van der Waals surface area contributed by atoms with Crippen LogP contribution < -0.4 is 11.1 Å². The van der Waals surface area contributed by atoms with Crippen molar-refractivity contribution in [2.24, 2.45) is 0 Å². The molecule has 0 aromatic heterocycles. The molecule has 0 unspecified atom stereocenters. The van der Waals surface area contributed by atoms with E-state index in [-0.39, 0.29) is 11.4 Å². The lowest BCUT2D eigenvalue weighted by atomic mass is 10.1. The monoisotopic (exact) mass is 249 g/mol. The first kappa shape index (κ1) is 14.5. The summed E-state index contributed by atoms with van der Waals surface area (Å²) in [5.74, 6) is 0.0421. The molecule has 0 fully saturated rings. The number of carbonyl (C=O) groups is 1. The molecule has 0 aliphatic heterocycles. The summed E-state index contributed by atoms with van der Waals surface area (Å²) in [7, 11) is 1.93. The van der Waals surface area contributed by atoms with E-state index in [1.165, 1.54) is 0 Å². The Balaban J connectivity index is 2.44. The third-order valence-electron chi connectivity index (χ3n) is 2.36. The number of rotatable bonds is 4. The molecule has 1 aromatic rings. The van der Waals surface area contributed by atoms with Crippen LogP contribution in [0.2, 0.25) is 0 Å². The van der Waals surface area contributed by atoms with Crippen LogP contribution in [-0.2, 0) is 11.3 Å². The van der Waals surface area contributed by atoms with E-state index in [1.807, 2.05) is 57.0 Å². The van der Waals surface area contributed by atoms with Gasteiger partial charge in [-0.25, -0.2) is 0 Å². The highest BCUT2D eigenvalue weighted by Crippen LogP contribution is 2.07. The van der Waals surface area contributed by atoms with Gasteiger partial charge in [0.05, 0.1) is 6.54 Å². The van der Waals surface area contributed by atoms with Crippen molar-refractivity contribution in [2.45, 2.75) is 32.9 Å². The second-order valence-electron chi connectivity index (χ2n) is 5.71. The van der Waals surface area contributed by atoms with Gasteiger partial charge in [-0.15, -0.1) is 0 Å². The second-order valence-corrected chi connectivity index (χ2v) is 5.71. The Kier molecular flexibility index (Phi) is 4.73. The molecule has 18 heavy (non-hydrogen) atoms. The summed E-state index contributed by atoms with van der Waals surface area (Å²) in [5.41, 5.74) is 7.35. The van der Waals surface area contributed by atoms with Crippen molar-refractivity contribution in [3.63, 3.8) is 0 Å². The number of amides is 1. The predicted molar refractivity (Wildman–Crippen MR) is 75.1 cm³/mol. The summed E-state index contributed by atoms with van der Waals surface area (Å²) in [6.07, 6.45) is 0. The van der Waals surface area contributed by atoms with Crippen molar-refractivity contribution in [3.8, 4) is 0 Å². The quantitative estimate of drug-likeness (QED) is 0.797. The van der Waals surface area contributed by atoms with Crippen LogP contribution in [0.4, 0.5) is 5.69 Å². The molecule has 1 aromatic carbocycles. The summed E-state index contributed by atoms with van der Waals surface area (Å²) >= 11 is 0. The van der Waals surface area contributed by atoms with Crippen LogP contribution in [-0.4, -0.2) is 29.9 Å². The highest BCUT2D eigenvalue weighted by atomic mass is 16.2. The van der Waals surface area contributed by atoms with Gasteiger partial charge in [0, 0.05) is 17.8 Å². The molecule has 0 heterocycles. The number of nitrogens with one attached hydrogen (secondary N) is 1. The van der Waals surface area contributed by atoms with Gasteiger partial charge in [-0.1, -0.05) is 12.1 Å². The van der Waals surface area contributed by atoms with Crippen LogP contribution in [0.15, 0.2) is 24.3 Å². The smallest absolute Gasteiger partial charge is 0.234 e. The molecule has 100 valence electrons. The standard InChI is InChI=1S/C14H23N3O/c1-14(2,3)16-13(18)10-17(4)9-11-5-7-12(15)8-6-11/h5-8H,9-10,15H2,1-4H3,(H,16,18). The van der Waals surface area contributed by atoms with Crippen LogP contribution in [0, 0.1) is 0 Å². The average Bonchev–Trinajstić information content (AvgIpc) is 2.18. The van der Waals surface area contributed by atoms with Crippen LogP contribution in [0.1, 0.15) is 26.3 Å². The van der Waals surface area contributed by atoms with E-state index in [9.17, 15) is 4.79 Å². The Morgan fingerprint density at radius 2 is 1.83 bits per heavy atom. The molecular weight excluding hydrogens is 226 g/mol. The van der Waals surface area contributed by atoms with Gasteiger partial charge in [0.25, 0.3) is 0 Å². The highest BCUT2D eigenvalue weighted by Gasteiger charge is 2.14. The van der Waals surface area contributed by atoms with E-state index in [1.54, 1.807) is 0 Å². The van der Waals surface area contributed by atoms with Gasteiger partial charge in [0.1, 0.15) is 0 Å². The van der Waals surface area contributed by atoms with Crippen molar-refractivity contribution >= 4 is 11.6 Å². The minimum atomic E-state index is -0.181. The fourth-order valence-corrected chi connectivity index (χ4v) is 1.69. The summed E-state index contributed by atoms with van der Waals surface area (Å²) in [5, 5.41) is 2.94. The van der Waals surface area contributed by atoms with Crippen LogP contribution in [0.5, 0.6) is 0 Å². The van der Waals surface area contributed by atoms with E-state index in [0.717, 1.165) is 17.8 Å². The van der Waals surface area contributed by atoms with Gasteiger partial charge in [0.2, 0.25) is 5.91 Å². The Labute approximate surface area is 109 Å². The van der Waals surface area contributed by atoms with Gasteiger partial charge in [-0.05, 0) is 45.5 Å². The molecule has 4 heteroatoms. The summed E-state index contributed by atoms with van der Waals surface area (Å²) in [6.45, 7) is 7.06. The predicted octanol–water partition coefficient (Wildman–Crippen LogP) is 1.62. The molecule has 0 bridgehead atoms. The molecule has 1 rings (SSSR count). The van der Waals surface area contributed by atoms with Gasteiger partial charge in [-0.3, -0.25) is 9.69 Å². The lowest BCUT2D eigenvalue weighted by Gasteiger charge is -2.23. The first-order valence-electron chi connectivity index (χ1n) is 6.10. The maximum absolute atomic E-state index is 11.7. The first-order valence-corrected chi connectivity index (χ1v) is 6.10. The molecule has 0 aliphatic carbocycles.